The van der Waals surface area contributed by atoms with E-state index in [1.807, 2.05) is 0 Å². The van der Waals surface area contributed by atoms with E-state index < -0.39 is 6.10 Å². The van der Waals surface area contributed by atoms with Crippen LogP contribution in [0.4, 0.5) is 0 Å². The SMILES string of the molecule is C=C(CC[C@@H](C)[C@H]1CC[C@H]2[C@@H]3CC[C@H]4C[C@@H](O)CC[C@]4(CO)C3=C[C@H](O)[C@]12C)C(C)C. The maximum Gasteiger partial charge on any atom is 0.0783 e. The van der Waals surface area contributed by atoms with Gasteiger partial charge in [-0.2, -0.15) is 0 Å². The molecule has 4 aliphatic carbocycles. The first-order chi connectivity index (χ1) is 14.6. The van der Waals surface area contributed by atoms with Gasteiger partial charge in [0.1, 0.15) is 0 Å². The Morgan fingerprint density at radius 3 is 2.55 bits per heavy atom. The van der Waals surface area contributed by atoms with E-state index in [-0.39, 0.29) is 23.5 Å². The van der Waals surface area contributed by atoms with Gasteiger partial charge in [0.25, 0.3) is 0 Å². The summed E-state index contributed by atoms with van der Waals surface area (Å²) in [5.41, 5.74) is 2.43. The normalized spacial score (nSPS) is 45.5. The van der Waals surface area contributed by atoms with E-state index in [4.69, 9.17) is 0 Å². The number of aliphatic hydroxyl groups excluding tert-OH is 3. The zero-order valence-corrected chi connectivity index (χ0v) is 20.3. The summed E-state index contributed by atoms with van der Waals surface area (Å²) in [7, 11) is 0. The third-order valence-corrected chi connectivity index (χ3v) is 10.6. The van der Waals surface area contributed by atoms with Crippen molar-refractivity contribution in [3.63, 3.8) is 0 Å². The van der Waals surface area contributed by atoms with E-state index >= 15 is 0 Å². The van der Waals surface area contributed by atoms with Crippen LogP contribution in [0.1, 0.15) is 85.5 Å². The molecule has 0 unspecified atom stereocenters. The van der Waals surface area contributed by atoms with E-state index in [0.29, 0.717) is 35.5 Å². The standard InChI is InChI=1S/C28H46O3/c1-17(2)18(3)6-7-19(4)23-10-11-24-22-9-8-20-14-21(30)12-13-28(20,16-29)25(22)15-26(31)27(23,24)5/h15,17,19-24,26,29-31H,3,6-14,16H2,1-2,4-5H3/t19-,20+,21+,22+,23-,24+,26+,27-,28-/m1/s1. The summed E-state index contributed by atoms with van der Waals surface area (Å²) >= 11 is 0. The van der Waals surface area contributed by atoms with Gasteiger partial charge < -0.3 is 15.3 Å². The highest BCUT2D eigenvalue weighted by atomic mass is 16.3. The van der Waals surface area contributed by atoms with Crippen LogP contribution in [0, 0.1) is 46.3 Å². The highest BCUT2D eigenvalue weighted by Gasteiger charge is 2.61. The Morgan fingerprint density at radius 2 is 1.87 bits per heavy atom. The second-order valence-electron chi connectivity index (χ2n) is 12.2. The van der Waals surface area contributed by atoms with Crippen molar-refractivity contribution in [2.75, 3.05) is 6.61 Å². The van der Waals surface area contributed by atoms with Crippen LogP contribution in [-0.2, 0) is 0 Å². The molecule has 0 aliphatic heterocycles. The molecule has 3 heteroatoms. The number of rotatable bonds is 6. The summed E-state index contributed by atoms with van der Waals surface area (Å²) in [6, 6.07) is 0. The number of aliphatic hydroxyl groups is 3. The third-order valence-electron chi connectivity index (χ3n) is 10.6. The molecule has 4 rings (SSSR count). The summed E-state index contributed by atoms with van der Waals surface area (Å²) in [5, 5.41) is 32.4. The number of hydrogen-bond acceptors (Lipinski definition) is 3. The average molecular weight is 431 g/mol. The number of fused-ring (bicyclic) bond motifs is 5. The Morgan fingerprint density at radius 1 is 1.13 bits per heavy atom. The molecule has 9 atom stereocenters. The first-order valence-electron chi connectivity index (χ1n) is 13.0. The summed E-state index contributed by atoms with van der Waals surface area (Å²) in [5.74, 6) is 3.04. The molecule has 4 aliphatic rings. The monoisotopic (exact) mass is 430 g/mol. The minimum absolute atomic E-state index is 0.0651. The predicted molar refractivity (Wildman–Crippen MR) is 126 cm³/mol. The molecule has 0 aromatic rings. The first kappa shape index (κ1) is 23.5. The lowest BCUT2D eigenvalue weighted by molar-refractivity contribution is -0.0777. The Kier molecular flexibility index (Phi) is 6.53. The van der Waals surface area contributed by atoms with Crippen LogP contribution in [0.25, 0.3) is 0 Å². The fourth-order valence-corrected chi connectivity index (χ4v) is 8.47. The van der Waals surface area contributed by atoms with Crippen LogP contribution in [0.5, 0.6) is 0 Å². The maximum atomic E-state index is 11.6. The van der Waals surface area contributed by atoms with Gasteiger partial charge in [0.2, 0.25) is 0 Å². The molecule has 0 heterocycles. The van der Waals surface area contributed by atoms with E-state index in [1.165, 1.54) is 30.4 Å². The van der Waals surface area contributed by atoms with Gasteiger partial charge in [-0.1, -0.05) is 51.5 Å². The molecule has 31 heavy (non-hydrogen) atoms. The van der Waals surface area contributed by atoms with Crippen molar-refractivity contribution in [1.29, 1.82) is 0 Å². The lowest BCUT2D eigenvalue weighted by atomic mass is 9.47. The van der Waals surface area contributed by atoms with E-state index in [0.717, 1.165) is 38.5 Å². The van der Waals surface area contributed by atoms with Crippen LogP contribution in [0.3, 0.4) is 0 Å². The Hall–Kier alpha value is -0.640. The zero-order chi connectivity index (χ0) is 22.6. The van der Waals surface area contributed by atoms with Crippen molar-refractivity contribution in [2.45, 2.75) is 97.7 Å². The van der Waals surface area contributed by atoms with Gasteiger partial charge >= 0.3 is 0 Å². The largest absolute Gasteiger partial charge is 0.395 e. The Bertz CT molecular complexity index is 711. The lowest BCUT2D eigenvalue weighted by Crippen LogP contribution is -2.55. The molecule has 3 saturated carbocycles. The fourth-order valence-electron chi connectivity index (χ4n) is 8.47. The van der Waals surface area contributed by atoms with Crippen molar-refractivity contribution in [3.8, 4) is 0 Å². The second kappa shape index (κ2) is 8.61. The summed E-state index contributed by atoms with van der Waals surface area (Å²) in [4.78, 5) is 0. The van der Waals surface area contributed by atoms with Gasteiger partial charge in [0, 0.05) is 10.8 Å². The quantitative estimate of drug-likeness (QED) is 0.488. The molecule has 0 bridgehead atoms. The van der Waals surface area contributed by atoms with Crippen molar-refractivity contribution in [1.82, 2.24) is 0 Å². The molecular weight excluding hydrogens is 384 g/mol. The summed E-state index contributed by atoms with van der Waals surface area (Å²) in [6.45, 7) is 13.7. The van der Waals surface area contributed by atoms with Crippen LogP contribution in [-0.4, -0.2) is 34.1 Å². The molecule has 0 aromatic heterocycles. The van der Waals surface area contributed by atoms with Crippen molar-refractivity contribution in [2.24, 2.45) is 46.3 Å². The third kappa shape index (κ3) is 3.67. The summed E-state index contributed by atoms with van der Waals surface area (Å²) in [6.07, 6.45) is 10.9. The van der Waals surface area contributed by atoms with Gasteiger partial charge in [-0.15, -0.1) is 0 Å². The van der Waals surface area contributed by atoms with Crippen LogP contribution in [0.15, 0.2) is 23.8 Å². The topological polar surface area (TPSA) is 60.7 Å². The summed E-state index contributed by atoms with van der Waals surface area (Å²) < 4.78 is 0. The maximum absolute atomic E-state index is 11.6. The minimum Gasteiger partial charge on any atom is -0.395 e. The highest BCUT2D eigenvalue weighted by molar-refractivity contribution is 5.32. The van der Waals surface area contributed by atoms with Gasteiger partial charge in [-0.25, -0.2) is 0 Å². The Labute approximate surface area is 190 Å². The number of hydrogen-bond donors (Lipinski definition) is 3. The Balaban J connectivity index is 1.59. The molecule has 0 saturated heterocycles. The average Bonchev–Trinajstić information content (AvgIpc) is 3.10. The number of allylic oxidation sites excluding steroid dienone is 1. The molecule has 0 radical (unpaired) electrons. The first-order valence-corrected chi connectivity index (χ1v) is 13.0. The fraction of sp³-hybridized carbons (Fsp3) is 0.857. The predicted octanol–water partition coefficient (Wildman–Crippen LogP) is 5.50. The van der Waals surface area contributed by atoms with Gasteiger partial charge in [0.05, 0.1) is 18.8 Å². The highest BCUT2D eigenvalue weighted by Crippen LogP contribution is 2.66. The molecule has 3 N–H and O–H groups in total. The molecular formula is C28H46O3. The van der Waals surface area contributed by atoms with E-state index in [9.17, 15) is 15.3 Å². The van der Waals surface area contributed by atoms with Crippen molar-refractivity contribution in [3.05, 3.63) is 23.8 Å². The van der Waals surface area contributed by atoms with E-state index in [2.05, 4.69) is 40.3 Å². The molecule has 0 aromatic carbocycles. The second-order valence-corrected chi connectivity index (χ2v) is 12.2. The molecule has 0 spiro atoms. The van der Waals surface area contributed by atoms with Crippen LogP contribution < -0.4 is 0 Å². The van der Waals surface area contributed by atoms with Gasteiger partial charge in [-0.3, -0.25) is 0 Å². The zero-order valence-electron chi connectivity index (χ0n) is 20.3. The van der Waals surface area contributed by atoms with Crippen LogP contribution >= 0.6 is 0 Å². The van der Waals surface area contributed by atoms with Gasteiger partial charge in [0.15, 0.2) is 0 Å². The van der Waals surface area contributed by atoms with Crippen LogP contribution in [0.2, 0.25) is 0 Å². The van der Waals surface area contributed by atoms with Gasteiger partial charge in [-0.05, 0) is 93.3 Å². The van der Waals surface area contributed by atoms with Crippen molar-refractivity contribution >= 4 is 0 Å². The molecule has 0 amide bonds. The molecule has 176 valence electrons. The molecule has 3 nitrogen and oxygen atoms in total. The minimum atomic E-state index is -0.430. The lowest BCUT2D eigenvalue weighted by Gasteiger charge is -2.58. The smallest absolute Gasteiger partial charge is 0.0783 e. The van der Waals surface area contributed by atoms with Crippen molar-refractivity contribution < 1.29 is 15.3 Å². The van der Waals surface area contributed by atoms with E-state index in [1.54, 1.807) is 0 Å². The molecule has 3 fully saturated rings.